The van der Waals surface area contributed by atoms with E-state index in [0.717, 1.165) is 22.5 Å². The predicted molar refractivity (Wildman–Crippen MR) is 217 cm³/mol. The molecular formula is C46H45ClO6P2Rh+. The summed E-state index contributed by atoms with van der Waals surface area (Å²) in [6.07, 6.45) is 15.0. The van der Waals surface area contributed by atoms with E-state index < -0.39 is 26.1 Å². The van der Waals surface area contributed by atoms with E-state index in [4.69, 9.17) is 18.6 Å². The van der Waals surface area contributed by atoms with Crippen LogP contribution in [0.5, 0.6) is 0 Å². The molecule has 0 aromatic heterocycles. The largest absolute Gasteiger partial charge is 3.00 e. The van der Waals surface area contributed by atoms with Crippen molar-refractivity contribution in [3.63, 3.8) is 0 Å². The first-order chi connectivity index (χ1) is 26.8. The van der Waals surface area contributed by atoms with Crippen LogP contribution in [0.1, 0.15) is 67.3 Å². The van der Waals surface area contributed by atoms with E-state index in [2.05, 4.69) is 85.1 Å². The van der Waals surface area contributed by atoms with Crippen LogP contribution in [0.3, 0.4) is 0 Å². The molecule has 1 aliphatic rings. The molecule has 1 saturated carbocycles. The molecule has 0 heterocycles. The average Bonchev–Trinajstić information content (AvgIpc) is 3.20. The fraction of sp³-hybridized carbons (Fsp3) is 0.174. The fourth-order valence-electron chi connectivity index (χ4n) is 6.12. The summed E-state index contributed by atoms with van der Waals surface area (Å²) in [5.74, 6) is 0. The topological polar surface area (TPSA) is 126 Å². The van der Waals surface area contributed by atoms with Crippen molar-refractivity contribution >= 4 is 60.2 Å². The molecule has 56 heavy (non-hydrogen) atoms. The van der Waals surface area contributed by atoms with E-state index in [1.54, 1.807) is 0 Å². The van der Waals surface area contributed by atoms with Crippen LogP contribution in [0.15, 0.2) is 170 Å². The molecule has 10 heteroatoms. The minimum atomic E-state index is -4.94. The Morgan fingerprint density at radius 2 is 0.696 bits per heavy atom. The Kier molecular flexibility index (Phi) is 21.9. The predicted octanol–water partition coefficient (Wildman–Crippen LogP) is 4.52. The maximum Gasteiger partial charge on any atom is 3.00 e. The fourth-order valence-corrected chi connectivity index (χ4v) is 10.9. The number of hydrogen-bond donors (Lipinski definition) is 0. The van der Waals surface area contributed by atoms with Crippen molar-refractivity contribution in [3.05, 3.63) is 181 Å². The summed E-state index contributed by atoms with van der Waals surface area (Å²) >= 11 is 0. The van der Waals surface area contributed by atoms with Gasteiger partial charge in [-0.3, -0.25) is 4.79 Å². The second-order valence-electron chi connectivity index (χ2n) is 12.5. The standard InChI is InChI=1S/C19H15OP.C19H14OP.C8H16.ClHO4.Rh/c2*20-15-16-9-7-8-14-19(16)21(17-10-3-1-4-11-17)18-12-5-2-6-13-18;1-2-4-6-8-7-5-3-1;2-1(3,4)5;/h1-15H;1-14H;1-8H2;(H,2,3,4,5);/q;-1;;;+3/p-1. The normalized spacial score (nSPS) is 12.4. The third-order valence-electron chi connectivity index (χ3n) is 8.62. The van der Waals surface area contributed by atoms with Gasteiger partial charge in [0.1, 0.15) is 0 Å². The van der Waals surface area contributed by atoms with Gasteiger partial charge in [0.15, 0.2) is 6.29 Å². The molecule has 1 aliphatic carbocycles. The van der Waals surface area contributed by atoms with Gasteiger partial charge in [0.05, 0.1) is 6.29 Å². The smallest absolute Gasteiger partial charge is 0.376 e. The third kappa shape index (κ3) is 16.4. The van der Waals surface area contributed by atoms with Gasteiger partial charge in [-0.1, -0.05) is 211 Å². The molecule has 0 aliphatic heterocycles. The zero-order chi connectivity index (χ0) is 39.1. The van der Waals surface area contributed by atoms with Crippen molar-refractivity contribution in [1.82, 2.24) is 0 Å². The Morgan fingerprint density at radius 1 is 0.429 bits per heavy atom. The minimum Gasteiger partial charge on any atom is -0.376 e. The summed E-state index contributed by atoms with van der Waals surface area (Å²) in [6, 6.07) is 57.1. The van der Waals surface area contributed by atoms with Crippen LogP contribution in [0.4, 0.5) is 0 Å². The van der Waals surface area contributed by atoms with Crippen LogP contribution in [-0.2, 0) is 24.3 Å². The van der Waals surface area contributed by atoms with Crippen LogP contribution in [0.25, 0.3) is 0 Å². The molecule has 0 amide bonds. The molecule has 0 radical (unpaired) electrons. The Labute approximate surface area is 348 Å². The van der Waals surface area contributed by atoms with Gasteiger partial charge >= 0.3 is 19.5 Å². The number of halogens is 1. The van der Waals surface area contributed by atoms with Gasteiger partial charge in [-0.25, -0.2) is 18.6 Å². The van der Waals surface area contributed by atoms with Crippen LogP contribution in [0.2, 0.25) is 0 Å². The molecule has 0 N–H and O–H groups in total. The Bertz CT molecular complexity index is 1730. The maximum atomic E-state index is 11.4. The van der Waals surface area contributed by atoms with E-state index in [-0.39, 0.29) is 19.5 Å². The van der Waals surface area contributed by atoms with E-state index in [0.29, 0.717) is 5.56 Å². The molecule has 0 bridgehead atoms. The molecular weight excluding hydrogens is 849 g/mol. The van der Waals surface area contributed by atoms with Crippen LogP contribution < -0.4 is 50.5 Å². The van der Waals surface area contributed by atoms with Crippen molar-refractivity contribution < 1.29 is 57.9 Å². The zero-order valence-corrected chi connectivity index (χ0v) is 35.1. The quantitative estimate of drug-likeness (QED) is 0.0959. The molecule has 0 atom stereocenters. The molecule has 0 saturated heterocycles. The van der Waals surface area contributed by atoms with Crippen molar-refractivity contribution in [3.8, 4) is 0 Å². The number of carbonyl (C=O) groups excluding carboxylic acids is 2. The summed E-state index contributed by atoms with van der Waals surface area (Å²) in [5, 5.41) is 7.16. The maximum absolute atomic E-state index is 11.4. The first-order valence-electron chi connectivity index (χ1n) is 18.2. The molecule has 6 aromatic carbocycles. The summed E-state index contributed by atoms with van der Waals surface area (Å²) in [6.45, 7) is 0. The third-order valence-corrected chi connectivity index (χ3v) is 13.6. The molecule has 7 rings (SSSR count). The number of aldehydes is 1. The molecule has 0 spiro atoms. The van der Waals surface area contributed by atoms with Crippen molar-refractivity contribution in [1.29, 1.82) is 0 Å². The number of hydrogen-bond acceptors (Lipinski definition) is 6. The van der Waals surface area contributed by atoms with Gasteiger partial charge in [-0.2, -0.15) is 6.07 Å². The van der Waals surface area contributed by atoms with E-state index in [1.165, 1.54) is 72.6 Å². The SMILES string of the molecule is C1CCCCCCC1.O=Cc1ccccc1P(c1ccccc1)c1ccccc1.O=[C-]c1ccccc1P(c1ccccc1)c1ccccc1.[O-][Cl+3]([O-])([O-])[O-].[Rh+3]. The summed E-state index contributed by atoms with van der Waals surface area (Å²) in [4.78, 5) is 22.7. The van der Waals surface area contributed by atoms with E-state index in [1.807, 2.05) is 91.0 Å². The van der Waals surface area contributed by atoms with Gasteiger partial charge in [0.25, 0.3) is 0 Å². The molecule has 6 nitrogen and oxygen atoms in total. The van der Waals surface area contributed by atoms with Gasteiger partial charge in [-0.05, 0) is 34.4 Å². The van der Waals surface area contributed by atoms with E-state index >= 15 is 0 Å². The molecule has 1 fully saturated rings. The van der Waals surface area contributed by atoms with Gasteiger partial charge in [-0.15, -0.1) is 33.2 Å². The Morgan fingerprint density at radius 3 is 1.02 bits per heavy atom. The van der Waals surface area contributed by atoms with Crippen LogP contribution >= 0.6 is 15.8 Å². The van der Waals surface area contributed by atoms with E-state index in [9.17, 15) is 9.59 Å². The van der Waals surface area contributed by atoms with Crippen molar-refractivity contribution in [2.75, 3.05) is 0 Å². The first-order valence-corrected chi connectivity index (χ1v) is 22.2. The monoisotopic (exact) mass is 893 g/mol. The van der Waals surface area contributed by atoms with Gasteiger partial charge < -0.3 is 4.79 Å². The van der Waals surface area contributed by atoms with Gasteiger partial charge in [0, 0.05) is 5.56 Å². The van der Waals surface area contributed by atoms with Gasteiger partial charge in [0.2, 0.25) is 0 Å². The average molecular weight is 894 g/mol. The van der Waals surface area contributed by atoms with Crippen LogP contribution in [0, 0.1) is 10.2 Å². The molecule has 6 aromatic rings. The first kappa shape index (κ1) is 46.7. The summed E-state index contributed by atoms with van der Waals surface area (Å²) < 4.78 is 34.0. The molecule has 0 unspecified atom stereocenters. The van der Waals surface area contributed by atoms with Crippen molar-refractivity contribution in [2.24, 2.45) is 0 Å². The van der Waals surface area contributed by atoms with Crippen molar-refractivity contribution in [2.45, 2.75) is 51.4 Å². The Hall–Kier alpha value is -3.73. The van der Waals surface area contributed by atoms with Crippen LogP contribution in [-0.4, -0.2) is 12.6 Å². The second-order valence-corrected chi connectivity index (χ2v) is 17.6. The number of benzene rings is 6. The summed E-state index contributed by atoms with van der Waals surface area (Å²) in [5.41, 5.74) is 1.42. The second kappa shape index (κ2) is 26.2. The summed E-state index contributed by atoms with van der Waals surface area (Å²) in [7, 11) is -6.38. The minimum absolute atomic E-state index is 0. The zero-order valence-electron chi connectivity index (χ0n) is 31.0. The number of carbonyl (C=O) groups is 1. The Balaban J connectivity index is 0.000000226. The number of rotatable bonds is 8. The molecule has 290 valence electrons.